The van der Waals surface area contributed by atoms with Crippen LogP contribution in [0.4, 0.5) is 10.6 Å². The van der Waals surface area contributed by atoms with E-state index in [1.807, 2.05) is 17.0 Å². The smallest absolute Gasteiger partial charge is 0.330 e. The summed E-state index contributed by atoms with van der Waals surface area (Å²) >= 11 is 0. The van der Waals surface area contributed by atoms with Crippen molar-refractivity contribution in [3.8, 4) is 5.69 Å². The number of nitrogens with two attached hydrogens (primary N) is 1. The van der Waals surface area contributed by atoms with Gasteiger partial charge in [0.25, 0.3) is 0 Å². The summed E-state index contributed by atoms with van der Waals surface area (Å²) in [5, 5.41) is 6.21. The molecule has 3 saturated heterocycles. The predicted molar refractivity (Wildman–Crippen MR) is 135 cm³/mol. The van der Waals surface area contributed by atoms with Gasteiger partial charge in [0.05, 0.1) is 5.69 Å². The molecule has 4 heterocycles. The zero-order chi connectivity index (χ0) is 24.0. The molecule has 1 aromatic heterocycles. The molecule has 186 valence electrons. The monoisotopic (exact) mass is 477 g/mol. The molecule has 3 unspecified atom stereocenters. The van der Waals surface area contributed by atoms with Gasteiger partial charge in [0, 0.05) is 50.9 Å². The molecule has 1 saturated carbocycles. The maximum Gasteiger partial charge on any atom is 0.354 e. The molecule has 35 heavy (non-hydrogen) atoms. The van der Waals surface area contributed by atoms with Crippen LogP contribution in [-0.2, 0) is 6.42 Å². The first-order valence-corrected chi connectivity index (χ1v) is 12.9. The average molecular weight is 478 g/mol. The maximum absolute atomic E-state index is 12.7. The number of fused-ring (bicyclic) bond motifs is 1. The van der Waals surface area contributed by atoms with Gasteiger partial charge in [-0.3, -0.25) is 9.88 Å². The number of nitrogens with zero attached hydrogens (tertiary/aromatic N) is 4. The lowest BCUT2D eigenvalue weighted by atomic mass is 9.87. The molecule has 2 aromatic rings. The lowest BCUT2D eigenvalue weighted by Crippen LogP contribution is -2.36. The van der Waals surface area contributed by atoms with Crippen LogP contribution in [0.25, 0.3) is 5.69 Å². The van der Waals surface area contributed by atoms with Crippen LogP contribution in [0.5, 0.6) is 0 Å². The first-order chi connectivity index (χ1) is 17.0. The second-order valence-corrected chi connectivity index (χ2v) is 10.9. The Balaban J connectivity index is 1.03. The molecule has 3 atom stereocenters. The number of hydrogen-bond donors (Lipinski definition) is 3. The molecule has 4 fully saturated rings. The fraction of sp³-hybridized carbons (Fsp3) is 0.577. The van der Waals surface area contributed by atoms with E-state index < -0.39 is 5.69 Å². The van der Waals surface area contributed by atoms with Gasteiger partial charge in [-0.1, -0.05) is 12.1 Å². The SMILES string of the molecule is NCC1C2CN(CCc3ccc(-n4ccc(NC(=O)N5CCC6(CCNC6)C5)nc4=O)cc3)CC12. The van der Waals surface area contributed by atoms with Crippen LogP contribution in [0, 0.1) is 23.2 Å². The normalized spacial score (nSPS) is 29.6. The minimum Gasteiger partial charge on any atom is -0.330 e. The highest BCUT2D eigenvalue weighted by atomic mass is 16.2. The Labute approximate surface area is 205 Å². The van der Waals surface area contributed by atoms with Gasteiger partial charge in [0.2, 0.25) is 0 Å². The molecule has 9 heteroatoms. The van der Waals surface area contributed by atoms with Crippen LogP contribution in [-0.4, -0.2) is 77.7 Å². The number of amides is 2. The molecule has 1 spiro atoms. The second-order valence-electron chi connectivity index (χ2n) is 10.9. The lowest BCUT2D eigenvalue weighted by Gasteiger charge is -2.22. The van der Waals surface area contributed by atoms with Gasteiger partial charge in [-0.15, -0.1) is 0 Å². The molecule has 2 amide bonds. The van der Waals surface area contributed by atoms with Crippen molar-refractivity contribution in [3.05, 3.63) is 52.6 Å². The third kappa shape index (κ3) is 4.48. The van der Waals surface area contributed by atoms with Gasteiger partial charge in [0.15, 0.2) is 0 Å². The van der Waals surface area contributed by atoms with Crippen molar-refractivity contribution in [1.29, 1.82) is 0 Å². The van der Waals surface area contributed by atoms with E-state index >= 15 is 0 Å². The van der Waals surface area contributed by atoms with E-state index in [2.05, 4.69) is 32.7 Å². The number of hydrogen-bond acceptors (Lipinski definition) is 6. The first kappa shape index (κ1) is 22.7. The highest BCUT2D eigenvalue weighted by Crippen LogP contribution is 2.50. The minimum atomic E-state index is -0.404. The summed E-state index contributed by atoms with van der Waals surface area (Å²) in [5.41, 5.74) is 7.65. The van der Waals surface area contributed by atoms with Crippen molar-refractivity contribution in [2.24, 2.45) is 28.9 Å². The molecule has 1 aromatic carbocycles. The van der Waals surface area contributed by atoms with Crippen LogP contribution in [0.2, 0.25) is 0 Å². The molecule has 1 aliphatic carbocycles. The van der Waals surface area contributed by atoms with Crippen molar-refractivity contribution in [1.82, 2.24) is 24.7 Å². The molecular weight excluding hydrogens is 442 g/mol. The fourth-order valence-corrected chi connectivity index (χ4v) is 6.49. The Hall–Kier alpha value is -2.75. The van der Waals surface area contributed by atoms with Gasteiger partial charge >= 0.3 is 11.7 Å². The summed E-state index contributed by atoms with van der Waals surface area (Å²) in [6, 6.07) is 9.58. The number of likely N-dealkylation sites (tertiary alicyclic amines) is 2. The maximum atomic E-state index is 12.7. The van der Waals surface area contributed by atoms with E-state index in [9.17, 15) is 9.59 Å². The summed E-state index contributed by atoms with van der Waals surface area (Å²) in [4.78, 5) is 33.9. The van der Waals surface area contributed by atoms with Crippen LogP contribution in [0.15, 0.2) is 41.3 Å². The standard InChI is InChI=1S/C26H35N7O2/c27-13-20-21-14-31(15-22(20)21)10-5-18-1-3-19(4-2-18)33-11-6-23(30-25(33)35)29-24(34)32-12-8-26(17-32)7-9-28-16-26/h1-4,6,11,20-22,28H,5,7-10,12-17,27H2,(H,29,30,34,35). The Bertz CT molecular complexity index is 1130. The Morgan fingerprint density at radius 2 is 1.97 bits per heavy atom. The first-order valence-electron chi connectivity index (χ1n) is 12.9. The number of piperidine rings is 1. The van der Waals surface area contributed by atoms with Crippen LogP contribution in [0.1, 0.15) is 18.4 Å². The average Bonchev–Trinajstić information content (AvgIpc) is 3.31. The number of aromatic nitrogens is 2. The highest BCUT2D eigenvalue weighted by molar-refractivity contribution is 5.88. The van der Waals surface area contributed by atoms with Crippen molar-refractivity contribution in [3.63, 3.8) is 0 Å². The van der Waals surface area contributed by atoms with E-state index in [4.69, 9.17) is 5.73 Å². The quantitative estimate of drug-likeness (QED) is 0.576. The van der Waals surface area contributed by atoms with Crippen molar-refractivity contribution in [2.45, 2.75) is 19.3 Å². The molecule has 4 N–H and O–H groups in total. The van der Waals surface area contributed by atoms with E-state index in [0.29, 0.717) is 5.82 Å². The third-order valence-corrected chi connectivity index (χ3v) is 8.75. The highest BCUT2D eigenvalue weighted by Gasteiger charge is 2.54. The molecule has 0 radical (unpaired) electrons. The lowest BCUT2D eigenvalue weighted by molar-refractivity contribution is 0.215. The number of carbonyl (C=O) groups excluding carboxylic acids is 1. The van der Waals surface area contributed by atoms with E-state index in [-0.39, 0.29) is 11.4 Å². The molecular formula is C26H35N7O2. The second kappa shape index (κ2) is 9.04. The van der Waals surface area contributed by atoms with E-state index in [1.54, 1.807) is 12.3 Å². The fourth-order valence-electron chi connectivity index (χ4n) is 6.49. The molecule has 6 rings (SSSR count). The van der Waals surface area contributed by atoms with Gasteiger partial charge in [-0.05, 0) is 73.9 Å². The topological polar surface area (TPSA) is 109 Å². The predicted octanol–water partition coefficient (Wildman–Crippen LogP) is 1.13. The number of benzene rings is 1. The summed E-state index contributed by atoms with van der Waals surface area (Å²) in [6.45, 7) is 7.75. The van der Waals surface area contributed by atoms with Crippen LogP contribution < -0.4 is 22.1 Å². The molecule has 0 bridgehead atoms. The molecule has 3 aliphatic heterocycles. The number of urea groups is 1. The summed E-state index contributed by atoms with van der Waals surface area (Å²) < 4.78 is 1.51. The summed E-state index contributed by atoms with van der Waals surface area (Å²) in [7, 11) is 0. The Morgan fingerprint density at radius 1 is 1.17 bits per heavy atom. The number of rotatable bonds is 6. The zero-order valence-electron chi connectivity index (χ0n) is 20.2. The van der Waals surface area contributed by atoms with Gasteiger partial charge in [-0.2, -0.15) is 4.98 Å². The zero-order valence-corrected chi connectivity index (χ0v) is 20.2. The van der Waals surface area contributed by atoms with E-state index in [1.165, 1.54) is 23.2 Å². The van der Waals surface area contributed by atoms with Gasteiger partial charge < -0.3 is 20.9 Å². The Kier molecular flexibility index (Phi) is 5.86. The number of carbonyl (C=O) groups is 1. The minimum absolute atomic E-state index is 0.184. The van der Waals surface area contributed by atoms with E-state index in [0.717, 1.165) is 82.0 Å². The van der Waals surface area contributed by atoms with Crippen molar-refractivity contribution < 1.29 is 4.79 Å². The Morgan fingerprint density at radius 3 is 2.66 bits per heavy atom. The number of nitrogens with one attached hydrogen (secondary N) is 2. The van der Waals surface area contributed by atoms with Crippen molar-refractivity contribution in [2.75, 3.05) is 57.7 Å². The third-order valence-electron chi connectivity index (χ3n) is 8.75. The largest absolute Gasteiger partial charge is 0.354 e. The molecule has 4 aliphatic rings. The number of anilines is 1. The molecule has 9 nitrogen and oxygen atoms in total. The van der Waals surface area contributed by atoms with Crippen LogP contribution >= 0.6 is 0 Å². The van der Waals surface area contributed by atoms with Gasteiger partial charge in [0.1, 0.15) is 5.82 Å². The summed E-state index contributed by atoms with van der Waals surface area (Å²) in [6.07, 6.45) is 4.81. The van der Waals surface area contributed by atoms with Crippen molar-refractivity contribution >= 4 is 11.8 Å². The van der Waals surface area contributed by atoms with Crippen LogP contribution in [0.3, 0.4) is 0 Å². The van der Waals surface area contributed by atoms with Gasteiger partial charge in [-0.25, -0.2) is 9.59 Å². The summed E-state index contributed by atoms with van der Waals surface area (Å²) in [5.74, 6) is 2.70.